The lowest BCUT2D eigenvalue weighted by molar-refractivity contribution is 0.767. The Kier molecular flexibility index (Phi) is 12.5. The van der Waals surface area contributed by atoms with Crippen LogP contribution >= 0.6 is 11.3 Å². The molecule has 2 aliphatic rings. The Labute approximate surface area is 473 Å². The maximum atomic E-state index is 4.63. The van der Waals surface area contributed by atoms with E-state index in [4.69, 9.17) is 0 Å². The average Bonchev–Trinajstić information content (AvgIpc) is 4.06. The summed E-state index contributed by atoms with van der Waals surface area (Å²) >= 11 is 1.92. The first kappa shape index (κ1) is 48.7. The highest BCUT2D eigenvalue weighted by Crippen LogP contribution is 2.60. The molecule has 0 bridgehead atoms. The third-order valence-corrected chi connectivity index (χ3v) is 17.8. The molecule has 1 heteroatoms. The van der Waals surface area contributed by atoms with E-state index in [0.29, 0.717) is 0 Å². The van der Waals surface area contributed by atoms with E-state index in [1.807, 2.05) is 17.4 Å². The van der Waals surface area contributed by atoms with E-state index in [0.717, 1.165) is 23.1 Å². The summed E-state index contributed by atoms with van der Waals surface area (Å²) in [6.45, 7) is 6.77. The van der Waals surface area contributed by atoms with Crippen LogP contribution in [0.1, 0.15) is 39.8 Å². The van der Waals surface area contributed by atoms with Crippen molar-refractivity contribution in [1.29, 1.82) is 0 Å². The van der Waals surface area contributed by atoms with Gasteiger partial charge in [-0.25, -0.2) is 0 Å². The molecule has 0 aliphatic heterocycles. The van der Waals surface area contributed by atoms with Crippen LogP contribution in [0.4, 0.5) is 0 Å². The number of benzene rings is 12. The molecule has 0 amide bonds. The van der Waals surface area contributed by atoms with E-state index in [9.17, 15) is 0 Å². The highest BCUT2D eigenvalue weighted by atomic mass is 32.1. The molecule has 0 spiro atoms. The standard InChI is InChI=1S/C66H44S.C13H12/c1-43(44-35-37-46(38-36-44)45-19-6-4-7-20-45)47-39-40-51-48(41-47)42-59(53-26-13-12-25-52(51)53)55-29-18-34-62-64(55)58-31-16-30-56(65(58)67-62)54-28-17-33-61-63(54)57-27-14-15-32-60(57)66(61,50-23-10-5-11-24-50)49-21-8-2-3-9-22-49;1-11-7-5-6-10-13(11)12-8-3-2-4-9-12/h2,4-42H,1,3H2;2-10H,1H3. The molecule has 12 aromatic carbocycles. The van der Waals surface area contributed by atoms with E-state index >= 15 is 0 Å². The van der Waals surface area contributed by atoms with E-state index in [1.165, 1.54) is 125 Å². The highest BCUT2D eigenvalue weighted by molar-refractivity contribution is 7.26. The van der Waals surface area contributed by atoms with Crippen molar-refractivity contribution in [3.8, 4) is 55.6 Å². The van der Waals surface area contributed by atoms with Gasteiger partial charge in [-0.15, -0.1) is 11.3 Å². The second-order valence-electron chi connectivity index (χ2n) is 21.0. The van der Waals surface area contributed by atoms with Gasteiger partial charge >= 0.3 is 0 Å². The Morgan fingerprint density at radius 2 is 1.02 bits per heavy atom. The van der Waals surface area contributed by atoms with Crippen LogP contribution in [0.2, 0.25) is 0 Å². The first-order valence-corrected chi connectivity index (χ1v) is 28.6. The van der Waals surface area contributed by atoms with Gasteiger partial charge in [0.05, 0.1) is 5.41 Å². The number of rotatable bonds is 8. The van der Waals surface area contributed by atoms with Crippen LogP contribution in [0.25, 0.3) is 103 Å². The molecule has 1 heterocycles. The fraction of sp³-hybridized carbons (Fsp3) is 0.0380. The summed E-state index contributed by atoms with van der Waals surface area (Å²) in [5.74, 6) is 0. The molecule has 13 aromatic rings. The normalized spacial score (nSPS) is 14.3. The van der Waals surface area contributed by atoms with Crippen molar-refractivity contribution >= 4 is 58.6 Å². The zero-order valence-electron chi connectivity index (χ0n) is 44.6. The lowest BCUT2D eigenvalue weighted by atomic mass is 9.67. The van der Waals surface area contributed by atoms with E-state index in [1.54, 1.807) is 0 Å². The first-order valence-electron chi connectivity index (χ1n) is 27.7. The molecular formula is C79H56S. The van der Waals surface area contributed by atoms with E-state index in [2.05, 4.69) is 305 Å². The van der Waals surface area contributed by atoms with Gasteiger partial charge in [0, 0.05) is 25.7 Å². The predicted molar refractivity (Wildman–Crippen MR) is 345 cm³/mol. The van der Waals surface area contributed by atoms with Gasteiger partial charge in [0.25, 0.3) is 0 Å². The molecule has 15 rings (SSSR count). The fourth-order valence-corrected chi connectivity index (χ4v) is 14.1. The SMILES string of the molecule is C=C(c1ccc(-c2ccccc2)cc1)c1ccc2c(c1)cc(-c1cccc3sc4c(-c5cccc6c5-c5ccccc5C6(C5=CC=CCC=C5)c5ccccc5)cccc4c13)c1ccccc12.Cc1ccccc1-c1ccccc1. The molecule has 378 valence electrons. The zero-order valence-corrected chi connectivity index (χ0v) is 45.4. The largest absolute Gasteiger partial charge is 0.135 e. The van der Waals surface area contributed by atoms with Crippen molar-refractivity contribution in [3.05, 3.63) is 343 Å². The third kappa shape index (κ3) is 8.29. The topological polar surface area (TPSA) is 0 Å². The minimum atomic E-state index is -0.466. The van der Waals surface area contributed by atoms with Crippen molar-refractivity contribution in [2.45, 2.75) is 18.8 Å². The zero-order chi connectivity index (χ0) is 53.6. The van der Waals surface area contributed by atoms with Crippen LogP contribution in [0.5, 0.6) is 0 Å². The summed E-state index contributed by atoms with van der Waals surface area (Å²) in [6, 6.07) is 97.6. The number of hydrogen-bond acceptors (Lipinski definition) is 1. The van der Waals surface area contributed by atoms with Crippen molar-refractivity contribution in [2.75, 3.05) is 0 Å². The molecule has 0 radical (unpaired) electrons. The van der Waals surface area contributed by atoms with Gasteiger partial charge in [0.1, 0.15) is 0 Å². The molecule has 0 saturated heterocycles. The maximum absolute atomic E-state index is 4.63. The molecule has 1 unspecified atom stereocenters. The summed E-state index contributed by atoms with van der Waals surface area (Å²) in [5, 5.41) is 7.56. The molecule has 1 atom stereocenters. The summed E-state index contributed by atoms with van der Waals surface area (Å²) in [7, 11) is 0. The second-order valence-corrected chi connectivity index (χ2v) is 22.1. The Bertz CT molecular complexity index is 4610. The Hall–Kier alpha value is -9.66. The van der Waals surface area contributed by atoms with Gasteiger partial charge in [0.2, 0.25) is 0 Å². The Balaban J connectivity index is 0.000000390. The molecule has 2 aliphatic carbocycles. The lowest BCUT2D eigenvalue weighted by Crippen LogP contribution is -2.29. The van der Waals surface area contributed by atoms with Crippen molar-refractivity contribution in [3.63, 3.8) is 0 Å². The molecule has 0 N–H and O–H groups in total. The molecule has 0 fully saturated rings. The lowest BCUT2D eigenvalue weighted by Gasteiger charge is -2.34. The van der Waals surface area contributed by atoms with Gasteiger partial charge in [0.15, 0.2) is 0 Å². The quantitative estimate of drug-likeness (QED) is 0.133. The number of hydrogen-bond donors (Lipinski definition) is 0. The van der Waals surface area contributed by atoms with E-state index < -0.39 is 5.41 Å². The predicted octanol–water partition coefficient (Wildman–Crippen LogP) is 21.8. The minimum Gasteiger partial charge on any atom is -0.135 e. The van der Waals surface area contributed by atoms with Crippen LogP contribution in [-0.2, 0) is 5.41 Å². The summed E-state index contributed by atoms with van der Waals surface area (Å²) in [5.41, 5.74) is 22.1. The van der Waals surface area contributed by atoms with Crippen LogP contribution in [0.3, 0.4) is 0 Å². The molecule has 80 heavy (non-hydrogen) atoms. The molecule has 0 saturated carbocycles. The fourth-order valence-electron chi connectivity index (χ4n) is 12.8. The van der Waals surface area contributed by atoms with Gasteiger partial charge < -0.3 is 0 Å². The van der Waals surface area contributed by atoms with Crippen molar-refractivity contribution in [2.24, 2.45) is 0 Å². The van der Waals surface area contributed by atoms with Gasteiger partial charge in [-0.1, -0.05) is 286 Å². The Morgan fingerprint density at radius 1 is 0.425 bits per heavy atom. The van der Waals surface area contributed by atoms with Crippen LogP contribution < -0.4 is 0 Å². The number of allylic oxidation sites excluding steroid dienone is 6. The van der Waals surface area contributed by atoms with Gasteiger partial charge in [-0.3, -0.25) is 0 Å². The number of aryl methyl sites for hydroxylation is 1. The molecule has 0 nitrogen and oxygen atoms in total. The average molecular weight is 1040 g/mol. The minimum absolute atomic E-state index is 0.466. The number of thiophene rings is 1. The smallest absolute Gasteiger partial charge is 0.0713 e. The van der Waals surface area contributed by atoms with Crippen LogP contribution in [-0.4, -0.2) is 0 Å². The summed E-state index contributed by atoms with van der Waals surface area (Å²) < 4.78 is 2.60. The second kappa shape index (κ2) is 20.6. The van der Waals surface area contributed by atoms with Gasteiger partial charge in [-0.2, -0.15) is 0 Å². The Morgan fingerprint density at radius 3 is 1.82 bits per heavy atom. The van der Waals surface area contributed by atoms with Crippen LogP contribution in [0.15, 0.2) is 309 Å². The van der Waals surface area contributed by atoms with Crippen LogP contribution in [0, 0.1) is 6.92 Å². The maximum Gasteiger partial charge on any atom is 0.0713 e. The highest BCUT2D eigenvalue weighted by Gasteiger charge is 2.47. The monoisotopic (exact) mass is 1040 g/mol. The van der Waals surface area contributed by atoms with Gasteiger partial charge in [-0.05, 0) is 148 Å². The first-order chi connectivity index (χ1) is 39.5. The molecular weight excluding hydrogens is 981 g/mol. The third-order valence-electron chi connectivity index (χ3n) is 16.6. The number of fused-ring (bicyclic) bond motifs is 9. The summed E-state index contributed by atoms with van der Waals surface area (Å²) in [4.78, 5) is 0. The molecule has 1 aromatic heterocycles. The van der Waals surface area contributed by atoms with Crippen molar-refractivity contribution in [1.82, 2.24) is 0 Å². The van der Waals surface area contributed by atoms with E-state index in [-0.39, 0.29) is 0 Å². The summed E-state index contributed by atoms with van der Waals surface area (Å²) in [6.07, 6.45) is 12.4. The van der Waals surface area contributed by atoms with Crippen molar-refractivity contribution < 1.29 is 0 Å².